The zero-order chi connectivity index (χ0) is 24.7. The molecule has 0 fully saturated rings. The first-order valence-electron chi connectivity index (χ1n) is 10.1. The molecule has 32 heavy (non-hydrogen) atoms. The molecule has 180 valence electrons. The molecule has 0 aliphatic carbocycles. The number of nitrogens with one attached hydrogen (secondary N) is 1. The number of rotatable bonds is 11. The Bertz CT molecular complexity index is 894. The average Bonchev–Trinajstić information content (AvgIpc) is 2.70. The predicted molar refractivity (Wildman–Crippen MR) is 128 cm³/mol. The summed E-state index contributed by atoms with van der Waals surface area (Å²) >= 11 is 0. The third kappa shape index (κ3) is 12.3. The van der Waals surface area contributed by atoms with E-state index in [1.165, 1.54) is 32.3 Å². The fraction of sp³-hybridized carbons (Fsp3) is 0.435. The van der Waals surface area contributed by atoms with E-state index in [4.69, 9.17) is 19.3 Å². The Morgan fingerprint density at radius 2 is 1.81 bits per heavy atom. The molecule has 1 aromatic rings. The molecule has 8 nitrogen and oxygen atoms in total. The number of para-hydroxylation sites is 2. The molecular formula is C23H36N2O6S. The van der Waals surface area contributed by atoms with E-state index in [0.29, 0.717) is 13.0 Å². The molecule has 0 aromatic heterocycles. The minimum Gasteiger partial charge on any atom is -0.493 e. The predicted octanol–water partition coefficient (Wildman–Crippen LogP) is 3.31. The average molecular weight is 469 g/mol. The molecular weight excluding hydrogens is 432 g/mol. The van der Waals surface area contributed by atoms with Gasteiger partial charge in [-0.25, -0.2) is 13.6 Å². The molecule has 0 saturated carbocycles. The number of allylic oxidation sites excluding steroid dienone is 1. The Labute approximate surface area is 192 Å². The van der Waals surface area contributed by atoms with Crippen LogP contribution >= 0.6 is 0 Å². The summed E-state index contributed by atoms with van der Waals surface area (Å²) in [4.78, 5) is 10.9. The Hall–Kier alpha value is -2.62. The van der Waals surface area contributed by atoms with Crippen molar-refractivity contribution in [2.24, 2.45) is 5.14 Å². The van der Waals surface area contributed by atoms with Crippen LogP contribution in [0.2, 0.25) is 0 Å². The number of hydrogen-bond donors (Lipinski definition) is 2. The highest BCUT2D eigenvalue weighted by atomic mass is 32.2. The molecule has 0 aliphatic rings. The molecule has 1 amide bonds. The summed E-state index contributed by atoms with van der Waals surface area (Å²) in [7, 11) is -0.784. The fourth-order valence-electron chi connectivity index (χ4n) is 2.70. The quantitative estimate of drug-likeness (QED) is 0.380. The largest absolute Gasteiger partial charge is 0.493 e. The summed E-state index contributed by atoms with van der Waals surface area (Å²) in [6.07, 6.45) is 4.29. The SMILES string of the molecule is C=CC(C=C(/C=C(\C)C[C@@H](C)NC(C)=O)S(N)(=O)=O)OC.CCOc1ccccc1OC. The van der Waals surface area contributed by atoms with Crippen molar-refractivity contribution in [1.29, 1.82) is 0 Å². The van der Waals surface area contributed by atoms with Crippen LogP contribution in [0.25, 0.3) is 0 Å². The van der Waals surface area contributed by atoms with Crippen molar-refractivity contribution in [1.82, 2.24) is 5.32 Å². The molecule has 0 saturated heterocycles. The molecule has 0 aliphatic heterocycles. The number of sulfonamides is 1. The second-order valence-electron chi connectivity index (χ2n) is 6.93. The van der Waals surface area contributed by atoms with Gasteiger partial charge in [-0.2, -0.15) is 0 Å². The highest BCUT2D eigenvalue weighted by molar-refractivity contribution is 7.93. The number of primary sulfonamides is 1. The maximum atomic E-state index is 11.6. The minimum absolute atomic E-state index is 0.0400. The van der Waals surface area contributed by atoms with Crippen LogP contribution < -0.4 is 19.9 Å². The molecule has 1 aromatic carbocycles. The van der Waals surface area contributed by atoms with Crippen LogP contribution in [-0.2, 0) is 19.6 Å². The van der Waals surface area contributed by atoms with Gasteiger partial charge < -0.3 is 19.5 Å². The van der Waals surface area contributed by atoms with Crippen LogP contribution in [0, 0.1) is 0 Å². The van der Waals surface area contributed by atoms with Crippen LogP contribution in [0.1, 0.15) is 34.1 Å². The zero-order valence-corrected chi connectivity index (χ0v) is 20.6. The number of benzene rings is 1. The van der Waals surface area contributed by atoms with E-state index in [-0.39, 0.29) is 16.9 Å². The molecule has 9 heteroatoms. The summed E-state index contributed by atoms with van der Waals surface area (Å²) in [5, 5.41) is 7.92. The summed E-state index contributed by atoms with van der Waals surface area (Å²) < 4.78 is 38.6. The van der Waals surface area contributed by atoms with E-state index >= 15 is 0 Å². The van der Waals surface area contributed by atoms with Crippen molar-refractivity contribution in [2.75, 3.05) is 20.8 Å². The van der Waals surface area contributed by atoms with Crippen LogP contribution in [0.3, 0.4) is 0 Å². The lowest BCUT2D eigenvalue weighted by molar-refractivity contribution is -0.119. The zero-order valence-electron chi connectivity index (χ0n) is 19.8. The number of hydrogen-bond acceptors (Lipinski definition) is 6. The van der Waals surface area contributed by atoms with Crippen molar-refractivity contribution in [2.45, 2.75) is 46.3 Å². The van der Waals surface area contributed by atoms with Gasteiger partial charge in [-0.3, -0.25) is 4.79 Å². The number of methoxy groups -OCH3 is 2. The van der Waals surface area contributed by atoms with Gasteiger partial charge in [0, 0.05) is 20.1 Å². The first kappa shape index (κ1) is 29.4. The highest BCUT2D eigenvalue weighted by Gasteiger charge is 2.13. The molecule has 0 spiro atoms. The van der Waals surface area contributed by atoms with Crippen molar-refractivity contribution in [3.63, 3.8) is 0 Å². The smallest absolute Gasteiger partial charge is 0.237 e. The Morgan fingerprint density at radius 3 is 2.25 bits per heavy atom. The lowest BCUT2D eigenvalue weighted by atomic mass is 10.1. The molecule has 3 N–H and O–H groups in total. The van der Waals surface area contributed by atoms with Gasteiger partial charge in [0.25, 0.3) is 0 Å². The third-order valence-electron chi connectivity index (χ3n) is 4.00. The number of carbonyl (C=O) groups excluding carboxylic acids is 1. The van der Waals surface area contributed by atoms with Crippen LogP contribution in [0.15, 0.2) is 59.6 Å². The van der Waals surface area contributed by atoms with E-state index in [1.807, 2.05) is 38.1 Å². The van der Waals surface area contributed by atoms with Gasteiger partial charge in [-0.15, -0.1) is 6.58 Å². The topological polar surface area (TPSA) is 117 Å². The van der Waals surface area contributed by atoms with Crippen LogP contribution in [-0.4, -0.2) is 47.3 Å². The van der Waals surface area contributed by atoms with E-state index in [1.54, 1.807) is 14.0 Å². The van der Waals surface area contributed by atoms with Gasteiger partial charge in [0.2, 0.25) is 15.9 Å². The van der Waals surface area contributed by atoms with Gasteiger partial charge >= 0.3 is 0 Å². The number of carbonyl (C=O) groups is 1. The van der Waals surface area contributed by atoms with E-state index in [0.717, 1.165) is 17.1 Å². The summed E-state index contributed by atoms with van der Waals surface area (Å²) in [6.45, 7) is 11.2. The van der Waals surface area contributed by atoms with Gasteiger partial charge in [0.15, 0.2) is 11.5 Å². The molecule has 1 rings (SSSR count). The van der Waals surface area contributed by atoms with Crippen molar-refractivity contribution < 1.29 is 27.4 Å². The monoisotopic (exact) mass is 468 g/mol. The maximum Gasteiger partial charge on any atom is 0.237 e. The highest BCUT2D eigenvalue weighted by Crippen LogP contribution is 2.25. The third-order valence-corrected chi connectivity index (χ3v) is 4.91. The Balaban J connectivity index is 0.000000726. The maximum absolute atomic E-state index is 11.6. The first-order valence-corrected chi connectivity index (χ1v) is 11.6. The molecule has 0 heterocycles. The molecule has 0 bridgehead atoms. The van der Waals surface area contributed by atoms with Crippen molar-refractivity contribution in [3.8, 4) is 11.5 Å². The van der Waals surface area contributed by atoms with E-state index < -0.39 is 16.1 Å². The lowest BCUT2D eigenvalue weighted by Crippen LogP contribution is -2.30. The van der Waals surface area contributed by atoms with Crippen molar-refractivity contribution >= 4 is 15.9 Å². The Morgan fingerprint density at radius 1 is 1.22 bits per heavy atom. The normalized spacial score (nSPS) is 13.8. The van der Waals surface area contributed by atoms with E-state index in [9.17, 15) is 13.2 Å². The number of ether oxygens (including phenoxy) is 3. The molecule has 1 unspecified atom stereocenters. The minimum atomic E-state index is -3.86. The number of nitrogens with two attached hydrogens (primary N) is 1. The van der Waals surface area contributed by atoms with Crippen molar-refractivity contribution in [3.05, 3.63) is 59.6 Å². The number of amides is 1. The molecule has 2 atom stereocenters. The van der Waals surface area contributed by atoms with Gasteiger partial charge in [0.05, 0.1) is 24.7 Å². The summed E-state index contributed by atoms with van der Waals surface area (Å²) in [5.74, 6) is 1.45. The second kappa shape index (κ2) is 15.2. The Kier molecular flexibility index (Phi) is 14.0. The summed E-state index contributed by atoms with van der Waals surface area (Å²) in [6, 6.07) is 7.51. The second-order valence-corrected chi connectivity index (χ2v) is 8.49. The van der Waals surface area contributed by atoms with Crippen LogP contribution in [0.4, 0.5) is 0 Å². The summed E-state index contributed by atoms with van der Waals surface area (Å²) in [5.41, 5.74) is 0.774. The molecule has 0 radical (unpaired) electrons. The van der Waals surface area contributed by atoms with Gasteiger partial charge in [0.1, 0.15) is 0 Å². The van der Waals surface area contributed by atoms with Gasteiger partial charge in [-0.05, 0) is 51.5 Å². The first-order chi connectivity index (χ1) is 15.0. The van der Waals surface area contributed by atoms with E-state index in [2.05, 4.69) is 11.9 Å². The van der Waals surface area contributed by atoms with Crippen LogP contribution in [0.5, 0.6) is 11.5 Å². The standard InChI is InChI=1S/C14H24N2O4S.C9H12O2/c1-6-13(20-5)9-14(21(15,18)19)8-10(2)7-11(3)16-12(4)17;1-3-11-9-7-5-4-6-8(9)10-2/h6,8-9,11,13H,1,7H2,2-5H3,(H,16,17)(H2,15,18,19);4-7H,3H2,1-2H3/b10-8+,14-9?;/t11-,13?;/m1./s1. The fourth-order valence-corrected chi connectivity index (χ4v) is 3.38. The van der Waals surface area contributed by atoms with Gasteiger partial charge in [-0.1, -0.05) is 23.8 Å². The lowest BCUT2D eigenvalue weighted by Gasteiger charge is -2.13.